The van der Waals surface area contributed by atoms with Crippen LogP contribution in [0.15, 0.2) is 18.2 Å². The van der Waals surface area contributed by atoms with E-state index >= 15 is 0 Å². The Morgan fingerprint density at radius 2 is 1.52 bits per heavy atom. The molecular weight excluding hydrogens is 431 g/mol. The monoisotopic (exact) mass is 474 g/mol. The van der Waals surface area contributed by atoms with Crippen LogP contribution in [0.1, 0.15) is 109 Å². The van der Waals surface area contributed by atoms with Crippen LogP contribution in [0.5, 0.6) is 5.75 Å². The van der Waals surface area contributed by atoms with E-state index in [2.05, 4.69) is 13.0 Å². The van der Waals surface area contributed by atoms with Gasteiger partial charge in [0.15, 0.2) is 11.6 Å². The van der Waals surface area contributed by atoms with Gasteiger partial charge in [-0.1, -0.05) is 63.1 Å². The molecular formula is C30H44ClFO. The number of methoxy groups -OCH3 is 1. The first kappa shape index (κ1) is 25.1. The van der Waals surface area contributed by atoms with Crippen molar-refractivity contribution in [2.24, 2.45) is 29.6 Å². The third-order valence-corrected chi connectivity index (χ3v) is 9.69. The quantitative estimate of drug-likeness (QED) is 0.340. The van der Waals surface area contributed by atoms with Crippen LogP contribution < -0.4 is 4.74 Å². The van der Waals surface area contributed by atoms with Gasteiger partial charge in [0, 0.05) is 0 Å². The molecule has 1 nitrogen and oxygen atoms in total. The van der Waals surface area contributed by atoms with E-state index in [0.717, 1.165) is 48.0 Å². The number of hydrogen-bond donors (Lipinski definition) is 0. The van der Waals surface area contributed by atoms with Crippen LogP contribution in [-0.4, -0.2) is 7.11 Å². The molecule has 33 heavy (non-hydrogen) atoms. The number of halogens is 2. The molecule has 2 saturated carbocycles. The lowest BCUT2D eigenvalue weighted by Gasteiger charge is -2.40. The van der Waals surface area contributed by atoms with E-state index in [9.17, 15) is 4.39 Å². The molecule has 4 rings (SSSR count). The second kappa shape index (κ2) is 12.1. The van der Waals surface area contributed by atoms with Crippen LogP contribution in [0.4, 0.5) is 4.39 Å². The number of hydrogen-bond acceptors (Lipinski definition) is 1. The molecule has 0 aromatic heterocycles. The summed E-state index contributed by atoms with van der Waals surface area (Å²) in [6.45, 7) is 2.31. The van der Waals surface area contributed by atoms with E-state index in [1.54, 1.807) is 6.07 Å². The van der Waals surface area contributed by atoms with Crippen molar-refractivity contribution in [2.75, 3.05) is 7.11 Å². The number of allylic oxidation sites excluding steroid dienone is 2. The van der Waals surface area contributed by atoms with Crippen LogP contribution in [0, 0.1) is 35.4 Å². The van der Waals surface area contributed by atoms with Crippen molar-refractivity contribution < 1.29 is 9.13 Å². The van der Waals surface area contributed by atoms with Gasteiger partial charge in [-0.2, -0.15) is 0 Å². The molecule has 0 saturated heterocycles. The molecule has 0 N–H and O–H groups in total. The summed E-state index contributed by atoms with van der Waals surface area (Å²) in [6.07, 6.45) is 23.2. The number of ether oxygens (including phenoxy) is 1. The molecule has 0 aliphatic heterocycles. The van der Waals surface area contributed by atoms with Gasteiger partial charge in [0.1, 0.15) is 0 Å². The number of benzene rings is 1. The predicted octanol–water partition coefficient (Wildman–Crippen LogP) is 9.86. The Kier molecular flexibility index (Phi) is 9.19. The fourth-order valence-corrected chi connectivity index (χ4v) is 7.46. The summed E-state index contributed by atoms with van der Waals surface area (Å²) in [4.78, 5) is 0. The van der Waals surface area contributed by atoms with Crippen LogP contribution in [0.2, 0.25) is 5.02 Å². The van der Waals surface area contributed by atoms with Crippen LogP contribution in [0.3, 0.4) is 0 Å². The summed E-state index contributed by atoms with van der Waals surface area (Å²) < 4.78 is 19.4. The minimum atomic E-state index is -0.437. The fraction of sp³-hybridized carbons (Fsp3) is 0.733. The Labute approximate surface area is 206 Å². The third-order valence-electron chi connectivity index (χ3n) is 9.32. The van der Waals surface area contributed by atoms with E-state index in [1.165, 1.54) is 96.2 Å². The molecule has 1 aromatic carbocycles. The largest absolute Gasteiger partial charge is 0.494 e. The highest BCUT2D eigenvalue weighted by atomic mass is 35.5. The zero-order valence-electron chi connectivity index (χ0n) is 20.9. The number of rotatable bonds is 8. The van der Waals surface area contributed by atoms with Gasteiger partial charge in [0.05, 0.1) is 12.1 Å². The second-order valence-corrected chi connectivity index (χ2v) is 11.5. The fourth-order valence-electron chi connectivity index (χ4n) is 7.18. The zero-order valence-corrected chi connectivity index (χ0v) is 21.6. The van der Waals surface area contributed by atoms with Crippen molar-refractivity contribution in [3.63, 3.8) is 0 Å². The minimum Gasteiger partial charge on any atom is -0.494 e. The van der Waals surface area contributed by atoms with Crippen molar-refractivity contribution in [1.29, 1.82) is 0 Å². The molecule has 0 bridgehead atoms. The minimum absolute atomic E-state index is 0.208. The summed E-state index contributed by atoms with van der Waals surface area (Å²) in [5, 5.41) is 0.208. The average Bonchev–Trinajstić information content (AvgIpc) is 2.87. The summed E-state index contributed by atoms with van der Waals surface area (Å²) in [5.74, 6) is 4.50. The van der Waals surface area contributed by atoms with E-state index in [4.69, 9.17) is 16.3 Å². The van der Waals surface area contributed by atoms with Gasteiger partial charge in [-0.15, -0.1) is 0 Å². The van der Waals surface area contributed by atoms with Gasteiger partial charge in [-0.3, -0.25) is 0 Å². The van der Waals surface area contributed by atoms with E-state index < -0.39 is 5.82 Å². The summed E-state index contributed by atoms with van der Waals surface area (Å²) >= 11 is 6.33. The first-order chi connectivity index (χ1) is 16.1. The number of unbranched alkanes of at least 4 members (excludes halogenated alkanes) is 2. The van der Waals surface area contributed by atoms with E-state index in [0.29, 0.717) is 0 Å². The highest BCUT2D eigenvalue weighted by molar-refractivity contribution is 6.32. The molecule has 1 aromatic rings. The lowest BCUT2D eigenvalue weighted by molar-refractivity contribution is 0.120. The topological polar surface area (TPSA) is 9.23 Å². The molecule has 184 valence electrons. The van der Waals surface area contributed by atoms with E-state index in [-0.39, 0.29) is 10.8 Å². The standard InChI is InChI=1S/C30H44ClFO/c1-3-4-5-6-21-7-9-22(10-8-21)23-11-13-24(14-12-23)25-15-17-26(18-16-25)27-19-20-28(33-2)30(32)29(27)31/h17,19-25H,3-16,18H2,1-2H3. The zero-order chi connectivity index (χ0) is 23.2. The van der Waals surface area contributed by atoms with Crippen LogP contribution in [-0.2, 0) is 0 Å². The van der Waals surface area contributed by atoms with Gasteiger partial charge in [-0.25, -0.2) is 4.39 Å². The van der Waals surface area contributed by atoms with Crippen LogP contribution >= 0.6 is 11.6 Å². The molecule has 0 amide bonds. The maximum absolute atomic E-state index is 14.4. The molecule has 2 fully saturated rings. The molecule has 0 spiro atoms. The summed E-state index contributed by atoms with van der Waals surface area (Å²) in [6, 6.07) is 3.61. The maximum Gasteiger partial charge on any atom is 0.184 e. The molecule has 1 atom stereocenters. The SMILES string of the molecule is CCCCCC1CCC(C2CCC(C3CC=C(c4ccc(OC)c(F)c4Cl)CC3)CC2)CC1. The molecule has 3 aliphatic carbocycles. The van der Waals surface area contributed by atoms with Crippen molar-refractivity contribution in [2.45, 2.75) is 103 Å². The Morgan fingerprint density at radius 1 is 0.879 bits per heavy atom. The molecule has 3 aliphatic rings. The maximum atomic E-state index is 14.4. The van der Waals surface area contributed by atoms with Gasteiger partial charge in [0.25, 0.3) is 0 Å². The van der Waals surface area contributed by atoms with Gasteiger partial charge >= 0.3 is 0 Å². The summed E-state index contributed by atoms with van der Waals surface area (Å²) in [5.41, 5.74) is 2.06. The van der Waals surface area contributed by atoms with Gasteiger partial charge < -0.3 is 4.74 Å². The van der Waals surface area contributed by atoms with Crippen molar-refractivity contribution in [3.05, 3.63) is 34.6 Å². The normalized spacial score (nSPS) is 30.7. The Morgan fingerprint density at radius 3 is 2.09 bits per heavy atom. The van der Waals surface area contributed by atoms with Crippen molar-refractivity contribution in [3.8, 4) is 5.75 Å². The third kappa shape index (κ3) is 6.16. The molecule has 0 heterocycles. The molecule has 3 heteroatoms. The Hall–Kier alpha value is -1.02. The van der Waals surface area contributed by atoms with Crippen molar-refractivity contribution in [1.82, 2.24) is 0 Å². The predicted molar refractivity (Wildman–Crippen MR) is 138 cm³/mol. The molecule has 1 unspecified atom stereocenters. The van der Waals surface area contributed by atoms with Gasteiger partial charge in [-0.05, 0) is 111 Å². The van der Waals surface area contributed by atoms with Crippen LogP contribution in [0.25, 0.3) is 5.57 Å². The van der Waals surface area contributed by atoms with Crippen molar-refractivity contribution >= 4 is 17.2 Å². The highest BCUT2D eigenvalue weighted by Crippen LogP contribution is 2.47. The highest BCUT2D eigenvalue weighted by Gasteiger charge is 2.33. The van der Waals surface area contributed by atoms with Gasteiger partial charge in [0.2, 0.25) is 0 Å². The first-order valence-electron chi connectivity index (χ1n) is 13.8. The first-order valence-corrected chi connectivity index (χ1v) is 14.2. The van der Waals surface area contributed by atoms with E-state index in [1.807, 2.05) is 6.07 Å². The molecule has 0 radical (unpaired) electrons. The average molecular weight is 475 g/mol. The summed E-state index contributed by atoms with van der Waals surface area (Å²) in [7, 11) is 1.48. The Bertz CT molecular complexity index is 787. The second-order valence-electron chi connectivity index (χ2n) is 11.2. The lowest BCUT2D eigenvalue weighted by Crippen LogP contribution is -2.28. The Balaban J connectivity index is 1.23. The smallest absolute Gasteiger partial charge is 0.184 e. The lowest BCUT2D eigenvalue weighted by atomic mass is 9.65.